The summed E-state index contributed by atoms with van der Waals surface area (Å²) in [4.78, 5) is 23.1. The minimum Gasteiger partial charge on any atom is -0.337 e. The first-order valence-corrected chi connectivity index (χ1v) is 5.35. The number of hydrogen-bond donors (Lipinski definition) is 1. The summed E-state index contributed by atoms with van der Waals surface area (Å²) in [5, 5.41) is 2.93. The fraction of sp³-hybridized carbons (Fsp3) is 0.200. The first kappa shape index (κ1) is 11.5. The Bertz CT molecular complexity index is 499. The first-order valence-electron chi connectivity index (χ1n) is 4.97. The molecule has 2 aromatic rings. The smallest absolute Gasteiger partial charge is 0.227 e. The van der Waals surface area contributed by atoms with Gasteiger partial charge < -0.3 is 9.88 Å². The fourth-order valence-electron chi connectivity index (χ4n) is 1.26. The Morgan fingerprint density at radius 3 is 3.06 bits per heavy atom. The van der Waals surface area contributed by atoms with Crippen LogP contribution in [0.3, 0.4) is 0 Å². The molecule has 0 aliphatic heterocycles. The van der Waals surface area contributed by atoms with Gasteiger partial charge in [0.05, 0.1) is 6.33 Å². The van der Waals surface area contributed by atoms with E-state index < -0.39 is 0 Å². The number of nitrogens with one attached hydrogen (secondary N) is 1. The predicted molar refractivity (Wildman–Crippen MR) is 62.5 cm³/mol. The normalized spacial score (nSPS) is 10.2. The third-order valence-corrected chi connectivity index (χ3v) is 2.26. The van der Waals surface area contributed by atoms with Gasteiger partial charge >= 0.3 is 0 Å². The highest BCUT2D eigenvalue weighted by Crippen LogP contribution is 2.08. The Hall–Kier alpha value is -1.95. The van der Waals surface area contributed by atoms with E-state index in [0.29, 0.717) is 23.9 Å². The maximum absolute atomic E-state index is 11.6. The SMILES string of the molecule is O=C(CCn1ccnc1)Nc1cc(Cl)ncn1. The third kappa shape index (κ3) is 3.53. The number of amides is 1. The Balaban J connectivity index is 1.85. The zero-order chi connectivity index (χ0) is 12.1. The van der Waals surface area contributed by atoms with Crippen molar-refractivity contribution in [2.75, 3.05) is 5.32 Å². The van der Waals surface area contributed by atoms with Gasteiger partial charge in [-0.05, 0) is 0 Å². The second-order valence-electron chi connectivity index (χ2n) is 3.32. The van der Waals surface area contributed by atoms with Crippen LogP contribution in [0.1, 0.15) is 6.42 Å². The standard InChI is InChI=1S/C10H10ClN5O/c11-8-5-9(14-6-13-8)15-10(17)1-3-16-4-2-12-7-16/h2,4-7H,1,3H2,(H,13,14,15,17). The van der Waals surface area contributed by atoms with E-state index in [9.17, 15) is 4.79 Å². The van der Waals surface area contributed by atoms with Gasteiger partial charge in [-0.15, -0.1) is 0 Å². The summed E-state index contributed by atoms with van der Waals surface area (Å²) in [7, 11) is 0. The van der Waals surface area contributed by atoms with E-state index in [-0.39, 0.29) is 5.91 Å². The molecule has 0 atom stereocenters. The summed E-state index contributed by atoms with van der Waals surface area (Å²) in [6.07, 6.45) is 6.78. The third-order valence-electron chi connectivity index (χ3n) is 2.06. The Morgan fingerprint density at radius 1 is 1.47 bits per heavy atom. The molecule has 6 nitrogen and oxygen atoms in total. The Labute approximate surface area is 103 Å². The number of anilines is 1. The zero-order valence-electron chi connectivity index (χ0n) is 8.88. The molecule has 0 saturated heterocycles. The molecule has 2 aromatic heterocycles. The van der Waals surface area contributed by atoms with E-state index in [1.165, 1.54) is 12.4 Å². The number of hydrogen-bond acceptors (Lipinski definition) is 4. The first-order chi connectivity index (χ1) is 8.24. The van der Waals surface area contributed by atoms with Crippen molar-refractivity contribution in [2.45, 2.75) is 13.0 Å². The van der Waals surface area contributed by atoms with Crippen LogP contribution in [0.25, 0.3) is 0 Å². The van der Waals surface area contributed by atoms with Crippen molar-refractivity contribution in [3.8, 4) is 0 Å². The van der Waals surface area contributed by atoms with Crippen molar-refractivity contribution in [1.82, 2.24) is 19.5 Å². The van der Waals surface area contributed by atoms with Crippen LogP contribution in [0.2, 0.25) is 5.15 Å². The Morgan fingerprint density at radius 2 is 2.35 bits per heavy atom. The molecule has 7 heteroatoms. The van der Waals surface area contributed by atoms with E-state index in [1.54, 1.807) is 18.7 Å². The molecule has 0 spiro atoms. The summed E-state index contributed by atoms with van der Waals surface area (Å²) >= 11 is 5.67. The van der Waals surface area contributed by atoms with Gasteiger partial charge in [0.15, 0.2) is 0 Å². The molecule has 2 rings (SSSR count). The highest BCUT2D eigenvalue weighted by atomic mass is 35.5. The van der Waals surface area contributed by atoms with Crippen LogP contribution < -0.4 is 5.32 Å². The van der Waals surface area contributed by atoms with Crippen molar-refractivity contribution >= 4 is 23.3 Å². The van der Waals surface area contributed by atoms with Crippen molar-refractivity contribution in [3.05, 3.63) is 36.3 Å². The molecule has 0 radical (unpaired) electrons. The molecule has 0 aliphatic carbocycles. The molecule has 17 heavy (non-hydrogen) atoms. The molecular weight excluding hydrogens is 242 g/mol. The van der Waals surface area contributed by atoms with Crippen LogP contribution in [-0.4, -0.2) is 25.4 Å². The monoisotopic (exact) mass is 251 g/mol. The lowest BCUT2D eigenvalue weighted by molar-refractivity contribution is -0.116. The quantitative estimate of drug-likeness (QED) is 0.833. The van der Waals surface area contributed by atoms with Gasteiger partial charge in [0.2, 0.25) is 5.91 Å². The highest BCUT2D eigenvalue weighted by Gasteiger charge is 2.04. The second kappa shape index (κ2) is 5.40. The molecule has 0 fully saturated rings. The van der Waals surface area contributed by atoms with E-state index in [0.717, 1.165) is 0 Å². The number of carbonyl (C=O) groups is 1. The molecule has 0 bridgehead atoms. The highest BCUT2D eigenvalue weighted by molar-refractivity contribution is 6.29. The van der Waals surface area contributed by atoms with Gasteiger partial charge in [-0.3, -0.25) is 4.79 Å². The average Bonchev–Trinajstić information content (AvgIpc) is 2.79. The van der Waals surface area contributed by atoms with Gasteiger partial charge in [0.25, 0.3) is 0 Å². The maximum atomic E-state index is 11.6. The molecule has 0 unspecified atom stereocenters. The van der Waals surface area contributed by atoms with Crippen molar-refractivity contribution in [1.29, 1.82) is 0 Å². The van der Waals surface area contributed by atoms with Crippen LogP contribution >= 0.6 is 11.6 Å². The van der Waals surface area contributed by atoms with E-state index in [1.807, 2.05) is 4.57 Å². The van der Waals surface area contributed by atoms with Crippen LogP contribution in [0, 0.1) is 0 Å². The summed E-state index contributed by atoms with van der Waals surface area (Å²) in [5.41, 5.74) is 0. The van der Waals surface area contributed by atoms with Gasteiger partial charge in [-0.2, -0.15) is 0 Å². The average molecular weight is 252 g/mol. The van der Waals surface area contributed by atoms with Crippen LogP contribution in [-0.2, 0) is 11.3 Å². The number of carbonyl (C=O) groups excluding carboxylic acids is 1. The largest absolute Gasteiger partial charge is 0.337 e. The lowest BCUT2D eigenvalue weighted by atomic mass is 10.4. The molecule has 0 aliphatic rings. The lowest BCUT2D eigenvalue weighted by Gasteiger charge is -2.04. The van der Waals surface area contributed by atoms with E-state index in [4.69, 9.17) is 11.6 Å². The summed E-state index contributed by atoms with van der Waals surface area (Å²) in [5.74, 6) is 0.272. The molecule has 88 valence electrons. The molecular formula is C10H10ClN5O. The zero-order valence-corrected chi connectivity index (χ0v) is 9.63. The summed E-state index contributed by atoms with van der Waals surface area (Å²) < 4.78 is 1.83. The van der Waals surface area contributed by atoms with Gasteiger partial charge in [0.1, 0.15) is 17.3 Å². The second-order valence-corrected chi connectivity index (χ2v) is 3.71. The minimum absolute atomic E-state index is 0.131. The predicted octanol–water partition coefficient (Wildman–Crippen LogP) is 1.36. The number of aryl methyl sites for hydroxylation is 1. The molecule has 0 aromatic carbocycles. The maximum Gasteiger partial charge on any atom is 0.227 e. The number of halogens is 1. The van der Waals surface area contributed by atoms with Gasteiger partial charge in [-0.25, -0.2) is 15.0 Å². The van der Waals surface area contributed by atoms with Crippen LogP contribution in [0.15, 0.2) is 31.1 Å². The van der Waals surface area contributed by atoms with E-state index >= 15 is 0 Å². The minimum atomic E-state index is -0.131. The van der Waals surface area contributed by atoms with E-state index in [2.05, 4.69) is 20.3 Å². The summed E-state index contributed by atoms with van der Waals surface area (Å²) in [6.45, 7) is 0.574. The number of aromatic nitrogens is 4. The molecule has 0 saturated carbocycles. The van der Waals surface area contributed by atoms with Crippen LogP contribution in [0.5, 0.6) is 0 Å². The van der Waals surface area contributed by atoms with Crippen molar-refractivity contribution in [2.24, 2.45) is 0 Å². The number of nitrogens with zero attached hydrogens (tertiary/aromatic N) is 4. The number of imidazole rings is 1. The van der Waals surface area contributed by atoms with Gasteiger partial charge in [-0.1, -0.05) is 11.6 Å². The van der Waals surface area contributed by atoms with Crippen molar-refractivity contribution < 1.29 is 4.79 Å². The molecule has 1 amide bonds. The summed E-state index contributed by atoms with van der Waals surface area (Å²) in [6, 6.07) is 1.50. The van der Waals surface area contributed by atoms with Crippen LogP contribution in [0.4, 0.5) is 5.82 Å². The van der Waals surface area contributed by atoms with Gasteiger partial charge in [0, 0.05) is 31.4 Å². The Kier molecular flexibility index (Phi) is 3.66. The lowest BCUT2D eigenvalue weighted by Crippen LogP contribution is -2.14. The number of rotatable bonds is 4. The fourth-order valence-corrected chi connectivity index (χ4v) is 1.40. The van der Waals surface area contributed by atoms with Crippen molar-refractivity contribution in [3.63, 3.8) is 0 Å². The molecule has 2 heterocycles. The topological polar surface area (TPSA) is 72.7 Å². The molecule has 1 N–H and O–H groups in total.